The summed E-state index contributed by atoms with van der Waals surface area (Å²) < 4.78 is 0. The van der Waals surface area contributed by atoms with Crippen molar-refractivity contribution in [3.05, 3.63) is 24.3 Å². The third-order valence-corrected chi connectivity index (χ3v) is 3.65. The van der Waals surface area contributed by atoms with Gasteiger partial charge in [0.15, 0.2) is 0 Å². The molecule has 2 rings (SSSR count). The van der Waals surface area contributed by atoms with E-state index in [0.29, 0.717) is 25.3 Å². The second-order valence-corrected chi connectivity index (χ2v) is 5.33. The van der Waals surface area contributed by atoms with E-state index in [2.05, 4.69) is 9.97 Å². The van der Waals surface area contributed by atoms with E-state index >= 15 is 0 Å². The zero-order valence-corrected chi connectivity index (χ0v) is 11.1. The van der Waals surface area contributed by atoms with Crippen LogP contribution in [0.25, 0.3) is 0 Å². The van der Waals surface area contributed by atoms with Crippen molar-refractivity contribution >= 4 is 17.7 Å². The fourth-order valence-corrected chi connectivity index (χ4v) is 2.61. The van der Waals surface area contributed by atoms with Gasteiger partial charge in [-0.05, 0) is 12.7 Å². The number of likely N-dealkylation sites (tertiary alicyclic amines) is 1. The van der Waals surface area contributed by atoms with Crippen molar-refractivity contribution in [2.24, 2.45) is 5.92 Å². The van der Waals surface area contributed by atoms with Crippen LogP contribution in [-0.4, -0.2) is 57.1 Å². The van der Waals surface area contributed by atoms with E-state index in [0.717, 1.165) is 5.69 Å². The van der Waals surface area contributed by atoms with Gasteiger partial charge < -0.3 is 10.0 Å². The number of nitrogens with zero attached hydrogens (tertiary/aromatic N) is 3. The number of rotatable bonds is 4. The van der Waals surface area contributed by atoms with Gasteiger partial charge >= 0.3 is 0 Å². The standard InChI is InChI=1S/C12H17N3O2S/c1-18-8-12(17)15-6-9(11(16)7-15)4-10-5-13-2-3-14-10/h2-3,5,9,11,16H,4,6-8H2,1H3/t9-,11-/m1/s1. The molecule has 6 heteroatoms. The molecular formula is C12H17N3O2S. The zero-order valence-electron chi connectivity index (χ0n) is 10.3. The van der Waals surface area contributed by atoms with Crippen LogP contribution in [0.3, 0.4) is 0 Å². The summed E-state index contributed by atoms with van der Waals surface area (Å²) >= 11 is 1.51. The average molecular weight is 267 g/mol. The van der Waals surface area contributed by atoms with Crippen LogP contribution < -0.4 is 0 Å². The van der Waals surface area contributed by atoms with Crippen LogP contribution >= 0.6 is 11.8 Å². The lowest BCUT2D eigenvalue weighted by atomic mass is 10.0. The SMILES string of the molecule is CSCC(=O)N1C[C@@H](Cc2cnccn2)[C@H](O)C1. The number of aliphatic hydroxyl groups excluding tert-OH is 1. The molecule has 18 heavy (non-hydrogen) atoms. The van der Waals surface area contributed by atoms with Gasteiger partial charge in [-0.3, -0.25) is 14.8 Å². The minimum atomic E-state index is -0.460. The van der Waals surface area contributed by atoms with Gasteiger partial charge in [-0.1, -0.05) is 0 Å². The summed E-state index contributed by atoms with van der Waals surface area (Å²) in [5.74, 6) is 0.639. The molecule has 1 aromatic rings. The molecule has 1 amide bonds. The Morgan fingerprint density at radius 2 is 2.39 bits per heavy atom. The smallest absolute Gasteiger partial charge is 0.232 e. The summed E-state index contributed by atoms with van der Waals surface area (Å²) in [5.41, 5.74) is 0.862. The number of amides is 1. The minimum Gasteiger partial charge on any atom is -0.391 e. The molecule has 1 saturated heterocycles. The van der Waals surface area contributed by atoms with E-state index in [-0.39, 0.29) is 11.8 Å². The molecule has 1 aliphatic heterocycles. The first kappa shape index (κ1) is 13.3. The summed E-state index contributed by atoms with van der Waals surface area (Å²) in [5, 5.41) is 9.99. The summed E-state index contributed by atoms with van der Waals surface area (Å²) in [6.45, 7) is 1.04. The summed E-state index contributed by atoms with van der Waals surface area (Å²) in [6.07, 6.45) is 7.09. The van der Waals surface area contributed by atoms with Gasteiger partial charge in [0, 0.05) is 37.6 Å². The molecule has 2 heterocycles. The van der Waals surface area contributed by atoms with E-state index in [4.69, 9.17) is 0 Å². The van der Waals surface area contributed by atoms with Crippen LogP contribution in [-0.2, 0) is 11.2 Å². The highest BCUT2D eigenvalue weighted by molar-refractivity contribution is 7.99. The largest absolute Gasteiger partial charge is 0.391 e. The van der Waals surface area contributed by atoms with Gasteiger partial charge in [0.05, 0.1) is 17.6 Å². The van der Waals surface area contributed by atoms with Gasteiger partial charge in [0.25, 0.3) is 0 Å². The van der Waals surface area contributed by atoms with Gasteiger partial charge in [-0.25, -0.2) is 0 Å². The van der Waals surface area contributed by atoms with E-state index in [1.807, 2.05) is 6.26 Å². The number of β-amino-alcohol motifs (C(OH)–C–C–N with tert-alkyl or cyclic N) is 1. The van der Waals surface area contributed by atoms with E-state index in [9.17, 15) is 9.90 Å². The van der Waals surface area contributed by atoms with Gasteiger partial charge in [0.1, 0.15) is 0 Å². The van der Waals surface area contributed by atoms with Crippen LogP contribution in [0.4, 0.5) is 0 Å². The highest BCUT2D eigenvalue weighted by Crippen LogP contribution is 2.21. The van der Waals surface area contributed by atoms with Gasteiger partial charge in [0.2, 0.25) is 5.91 Å². The third-order valence-electron chi connectivity index (χ3n) is 3.11. The van der Waals surface area contributed by atoms with Crippen LogP contribution in [0.15, 0.2) is 18.6 Å². The molecule has 1 N–H and O–H groups in total. The van der Waals surface area contributed by atoms with Crippen molar-refractivity contribution < 1.29 is 9.90 Å². The second kappa shape index (κ2) is 6.15. The maximum atomic E-state index is 11.8. The predicted octanol–water partition coefficient (Wildman–Crippen LogP) is 0.201. The Morgan fingerprint density at radius 3 is 3.06 bits per heavy atom. The molecule has 0 unspecified atom stereocenters. The Labute approximate surface area is 111 Å². The maximum Gasteiger partial charge on any atom is 0.232 e. The molecule has 0 radical (unpaired) electrons. The quantitative estimate of drug-likeness (QED) is 0.844. The Bertz CT molecular complexity index is 402. The molecule has 1 fully saturated rings. The van der Waals surface area contributed by atoms with Crippen molar-refractivity contribution in [2.45, 2.75) is 12.5 Å². The Morgan fingerprint density at radius 1 is 1.56 bits per heavy atom. The molecule has 98 valence electrons. The Balaban J connectivity index is 1.93. The number of thioether (sulfide) groups is 1. The summed E-state index contributed by atoms with van der Waals surface area (Å²) in [4.78, 5) is 21.7. The van der Waals surface area contributed by atoms with Crippen LogP contribution in [0, 0.1) is 5.92 Å². The van der Waals surface area contributed by atoms with Crippen molar-refractivity contribution in [3.63, 3.8) is 0 Å². The highest BCUT2D eigenvalue weighted by Gasteiger charge is 2.33. The number of carbonyl (C=O) groups excluding carboxylic acids is 1. The van der Waals surface area contributed by atoms with E-state index < -0.39 is 6.10 Å². The molecule has 1 aliphatic rings. The number of hydrogen-bond acceptors (Lipinski definition) is 5. The first-order valence-corrected chi connectivity index (χ1v) is 7.29. The topological polar surface area (TPSA) is 66.3 Å². The normalized spacial score (nSPS) is 23.3. The number of carbonyl (C=O) groups is 1. The predicted molar refractivity (Wildman–Crippen MR) is 70.2 cm³/mol. The van der Waals surface area contributed by atoms with Crippen LogP contribution in [0.1, 0.15) is 5.69 Å². The number of aliphatic hydroxyl groups is 1. The fourth-order valence-electron chi connectivity index (χ4n) is 2.18. The molecule has 0 aromatic carbocycles. The Kier molecular flexibility index (Phi) is 4.54. The van der Waals surface area contributed by atoms with Crippen LogP contribution in [0.5, 0.6) is 0 Å². The van der Waals surface area contributed by atoms with Gasteiger partial charge in [-0.2, -0.15) is 11.8 Å². The second-order valence-electron chi connectivity index (χ2n) is 4.46. The average Bonchev–Trinajstić information content (AvgIpc) is 2.73. The van der Waals surface area contributed by atoms with E-state index in [1.165, 1.54) is 11.8 Å². The molecule has 0 saturated carbocycles. The van der Waals surface area contributed by atoms with Gasteiger partial charge in [-0.15, -0.1) is 0 Å². The Hall–Kier alpha value is -1.14. The lowest BCUT2D eigenvalue weighted by Crippen LogP contribution is -2.31. The molecule has 0 aliphatic carbocycles. The van der Waals surface area contributed by atoms with Crippen molar-refractivity contribution in [1.29, 1.82) is 0 Å². The molecule has 5 nitrogen and oxygen atoms in total. The third kappa shape index (κ3) is 3.20. The first-order valence-electron chi connectivity index (χ1n) is 5.90. The summed E-state index contributed by atoms with van der Waals surface area (Å²) in [7, 11) is 0. The van der Waals surface area contributed by atoms with Crippen molar-refractivity contribution in [3.8, 4) is 0 Å². The fraction of sp³-hybridized carbons (Fsp3) is 0.583. The molecule has 0 bridgehead atoms. The zero-order chi connectivity index (χ0) is 13.0. The van der Waals surface area contributed by atoms with Crippen molar-refractivity contribution in [1.82, 2.24) is 14.9 Å². The molecule has 1 aromatic heterocycles. The number of hydrogen-bond donors (Lipinski definition) is 1. The lowest BCUT2D eigenvalue weighted by molar-refractivity contribution is -0.127. The molecule has 2 atom stereocenters. The lowest BCUT2D eigenvalue weighted by Gasteiger charge is -2.15. The molecular weight excluding hydrogens is 250 g/mol. The molecule has 0 spiro atoms. The summed E-state index contributed by atoms with van der Waals surface area (Å²) in [6, 6.07) is 0. The number of aromatic nitrogens is 2. The monoisotopic (exact) mass is 267 g/mol. The van der Waals surface area contributed by atoms with Crippen molar-refractivity contribution in [2.75, 3.05) is 25.1 Å². The maximum absolute atomic E-state index is 11.8. The minimum absolute atomic E-state index is 0.0625. The van der Waals surface area contributed by atoms with E-state index in [1.54, 1.807) is 23.5 Å². The first-order chi connectivity index (χ1) is 8.70. The van der Waals surface area contributed by atoms with Crippen LogP contribution in [0.2, 0.25) is 0 Å². The highest BCUT2D eigenvalue weighted by atomic mass is 32.2.